The van der Waals surface area contributed by atoms with Gasteiger partial charge in [0.1, 0.15) is 0 Å². The van der Waals surface area contributed by atoms with Crippen LogP contribution in [-0.2, 0) is 6.42 Å². The summed E-state index contributed by atoms with van der Waals surface area (Å²) in [7, 11) is 0. The zero-order chi connectivity index (χ0) is 16.8. The molecule has 5 heteroatoms. The van der Waals surface area contributed by atoms with E-state index in [9.17, 15) is 4.79 Å². The summed E-state index contributed by atoms with van der Waals surface area (Å²) < 4.78 is 0. The molecule has 2 aromatic rings. The number of nitrogens with one attached hydrogen (secondary N) is 1. The quantitative estimate of drug-likeness (QED) is 0.923. The van der Waals surface area contributed by atoms with Crippen molar-refractivity contribution in [2.75, 3.05) is 37.6 Å². The van der Waals surface area contributed by atoms with Gasteiger partial charge in [-0.2, -0.15) is 0 Å². The molecule has 3 rings (SSSR count). The fourth-order valence-electron chi connectivity index (χ4n) is 2.88. The number of para-hydroxylation sites is 1. The molecule has 1 N–H and O–H groups in total. The maximum absolute atomic E-state index is 12.3. The third-order valence-electron chi connectivity index (χ3n) is 4.29. The average molecular weight is 344 g/mol. The van der Waals surface area contributed by atoms with E-state index in [-0.39, 0.29) is 6.03 Å². The predicted octanol–water partition coefficient (Wildman–Crippen LogP) is 3.41. The van der Waals surface area contributed by atoms with Crippen molar-refractivity contribution in [2.24, 2.45) is 0 Å². The molecular formula is C19H22ClN3O. The molecule has 1 fully saturated rings. The van der Waals surface area contributed by atoms with Gasteiger partial charge >= 0.3 is 6.03 Å². The largest absolute Gasteiger partial charge is 0.368 e. The number of piperazine rings is 1. The second-order valence-electron chi connectivity index (χ2n) is 5.92. The summed E-state index contributed by atoms with van der Waals surface area (Å²) in [5.41, 5.74) is 2.40. The molecule has 0 unspecified atom stereocenters. The number of hydrogen-bond acceptors (Lipinski definition) is 2. The molecule has 0 aliphatic carbocycles. The molecule has 2 amide bonds. The number of benzene rings is 2. The average Bonchev–Trinajstić information content (AvgIpc) is 2.64. The van der Waals surface area contributed by atoms with Crippen LogP contribution in [0.1, 0.15) is 5.56 Å². The Hall–Kier alpha value is -2.20. The number of carbonyl (C=O) groups is 1. The number of hydrogen-bond donors (Lipinski definition) is 1. The molecule has 0 saturated carbocycles. The lowest BCUT2D eigenvalue weighted by molar-refractivity contribution is 0.194. The van der Waals surface area contributed by atoms with Gasteiger partial charge in [-0.05, 0) is 36.2 Å². The Morgan fingerprint density at radius 3 is 2.29 bits per heavy atom. The van der Waals surface area contributed by atoms with Crippen LogP contribution in [0.4, 0.5) is 10.5 Å². The Morgan fingerprint density at radius 2 is 1.62 bits per heavy atom. The first-order valence-electron chi connectivity index (χ1n) is 8.29. The van der Waals surface area contributed by atoms with E-state index in [0.29, 0.717) is 6.54 Å². The highest BCUT2D eigenvalue weighted by Crippen LogP contribution is 2.15. The number of halogens is 1. The van der Waals surface area contributed by atoms with E-state index < -0.39 is 0 Å². The van der Waals surface area contributed by atoms with Gasteiger partial charge in [0, 0.05) is 43.4 Å². The Kier molecular flexibility index (Phi) is 5.59. The minimum Gasteiger partial charge on any atom is -0.368 e. The zero-order valence-corrected chi connectivity index (χ0v) is 14.4. The summed E-state index contributed by atoms with van der Waals surface area (Å²) >= 11 is 5.87. The van der Waals surface area contributed by atoms with Crippen LogP contribution in [-0.4, -0.2) is 43.7 Å². The van der Waals surface area contributed by atoms with Crippen LogP contribution in [0.2, 0.25) is 5.02 Å². The Labute approximate surface area is 148 Å². The molecule has 0 aromatic heterocycles. The predicted molar refractivity (Wildman–Crippen MR) is 98.8 cm³/mol. The first-order chi connectivity index (χ1) is 11.7. The smallest absolute Gasteiger partial charge is 0.317 e. The summed E-state index contributed by atoms with van der Waals surface area (Å²) in [6, 6.07) is 18.1. The molecule has 1 aliphatic heterocycles. The van der Waals surface area contributed by atoms with E-state index in [1.54, 1.807) is 0 Å². The fourth-order valence-corrected chi connectivity index (χ4v) is 3.01. The van der Waals surface area contributed by atoms with Crippen molar-refractivity contribution in [3.63, 3.8) is 0 Å². The van der Waals surface area contributed by atoms with Crippen LogP contribution in [0, 0.1) is 0 Å². The second kappa shape index (κ2) is 8.06. The van der Waals surface area contributed by atoms with Gasteiger partial charge in [-0.1, -0.05) is 41.9 Å². The molecule has 0 atom stereocenters. The van der Waals surface area contributed by atoms with Crippen LogP contribution in [0.15, 0.2) is 54.6 Å². The van der Waals surface area contributed by atoms with Crippen LogP contribution < -0.4 is 10.2 Å². The van der Waals surface area contributed by atoms with Gasteiger partial charge in [0.15, 0.2) is 0 Å². The highest BCUT2D eigenvalue weighted by molar-refractivity contribution is 6.30. The third kappa shape index (κ3) is 4.42. The number of carbonyl (C=O) groups excluding carboxylic acids is 1. The monoisotopic (exact) mass is 343 g/mol. The Balaban J connectivity index is 1.41. The van der Waals surface area contributed by atoms with Gasteiger partial charge in [0.2, 0.25) is 0 Å². The van der Waals surface area contributed by atoms with Gasteiger partial charge in [-0.3, -0.25) is 0 Å². The minimum atomic E-state index is 0.0247. The number of nitrogens with zero attached hydrogens (tertiary/aromatic N) is 2. The van der Waals surface area contributed by atoms with Crippen molar-refractivity contribution >= 4 is 23.3 Å². The van der Waals surface area contributed by atoms with Crippen LogP contribution in [0.25, 0.3) is 0 Å². The van der Waals surface area contributed by atoms with Crippen molar-refractivity contribution in [3.05, 3.63) is 65.2 Å². The van der Waals surface area contributed by atoms with Crippen molar-refractivity contribution in [3.8, 4) is 0 Å². The molecule has 0 spiro atoms. The summed E-state index contributed by atoms with van der Waals surface area (Å²) in [4.78, 5) is 16.5. The van der Waals surface area contributed by atoms with Gasteiger partial charge in [0.25, 0.3) is 0 Å². The molecule has 1 heterocycles. The Bertz CT molecular complexity index is 652. The lowest BCUT2D eigenvalue weighted by atomic mass is 10.1. The topological polar surface area (TPSA) is 35.6 Å². The normalized spacial score (nSPS) is 14.5. The van der Waals surface area contributed by atoms with Gasteiger partial charge in [0.05, 0.1) is 0 Å². The molecule has 1 saturated heterocycles. The summed E-state index contributed by atoms with van der Waals surface area (Å²) in [5, 5.41) is 3.74. The van der Waals surface area contributed by atoms with Gasteiger partial charge in [-0.25, -0.2) is 4.79 Å². The maximum Gasteiger partial charge on any atom is 0.317 e. The van der Waals surface area contributed by atoms with Crippen molar-refractivity contribution < 1.29 is 4.79 Å². The van der Waals surface area contributed by atoms with Crippen LogP contribution in [0.5, 0.6) is 0 Å². The Morgan fingerprint density at radius 1 is 0.958 bits per heavy atom. The molecule has 4 nitrogen and oxygen atoms in total. The SMILES string of the molecule is O=C(NCCc1ccc(Cl)cc1)N1CCN(c2ccccc2)CC1. The lowest BCUT2D eigenvalue weighted by Crippen LogP contribution is -2.52. The van der Waals surface area contributed by atoms with E-state index in [0.717, 1.165) is 37.6 Å². The lowest BCUT2D eigenvalue weighted by Gasteiger charge is -2.36. The zero-order valence-electron chi connectivity index (χ0n) is 13.6. The summed E-state index contributed by atoms with van der Waals surface area (Å²) in [6.07, 6.45) is 0.812. The second-order valence-corrected chi connectivity index (χ2v) is 6.35. The summed E-state index contributed by atoms with van der Waals surface area (Å²) in [5.74, 6) is 0. The van der Waals surface area contributed by atoms with E-state index in [1.165, 1.54) is 11.3 Å². The summed E-state index contributed by atoms with van der Waals surface area (Å²) in [6.45, 7) is 3.88. The van der Waals surface area contributed by atoms with E-state index >= 15 is 0 Å². The number of urea groups is 1. The maximum atomic E-state index is 12.3. The molecule has 0 bridgehead atoms. The van der Waals surface area contributed by atoms with Gasteiger partial charge in [-0.15, -0.1) is 0 Å². The first kappa shape index (κ1) is 16.7. The van der Waals surface area contributed by atoms with Crippen LogP contribution >= 0.6 is 11.6 Å². The van der Waals surface area contributed by atoms with Gasteiger partial charge < -0.3 is 15.1 Å². The molecule has 126 valence electrons. The first-order valence-corrected chi connectivity index (χ1v) is 8.67. The van der Waals surface area contributed by atoms with Crippen LogP contribution in [0.3, 0.4) is 0 Å². The highest BCUT2D eigenvalue weighted by atomic mass is 35.5. The third-order valence-corrected chi connectivity index (χ3v) is 4.54. The fraction of sp³-hybridized carbons (Fsp3) is 0.316. The van der Waals surface area contributed by atoms with E-state index in [1.807, 2.05) is 47.4 Å². The molecule has 0 radical (unpaired) electrons. The van der Waals surface area contributed by atoms with E-state index in [4.69, 9.17) is 11.6 Å². The van der Waals surface area contributed by atoms with Crippen molar-refractivity contribution in [1.82, 2.24) is 10.2 Å². The van der Waals surface area contributed by atoms with E-state index in [2.05, 4.69) is 22.3 Å². The van der Waals surface area contributed by atoms with Crippen molar-refractivity contribution in [1.29, 1.82) is 0 Å². The van der Waals surface area contributed by atoms with Crippen molar-refractivity contribution in [2.45, 2.75) is 6.42 Å². The number of anilines is 1. The molecular weight excluding hydrogens is 322 g/mol. The molecule has 1 aliphatic rings. The number of amides is 2. The molecule has 2 aromatic carbocycles. The highest BCUT2D eigenvalue weighted by Gasteiger charge is 2.20. The standard InChI is InChI=1S/C19H22ClN3O/c20-17-8-6-16(7-9-17)10-11-21-19(24)23-14-12-22(13-15-23)18-4-2-1-3-5-18/h1-9H,10-15H2,(H,21,24). The number of rotatable bonds is 4. The minimum absolute atomic E-state index is 0.0247. The molecule has 24 heavy (non-hydrogen) atoms.